The highest BCUT2D eigenvalue weighted by Crippen LogP contribution is 2.17. The Labute approximate surface area is 116 Å². The Balaban J connectivity index is 2.72. The Morgan fingerprint density at radius 1 is 1.53 bits per heavy atom. The molecule has 0 amide bonds. The van der Waals surface area contributed by atoms with Crippen molar-refractivity contribution in [2.45, 2.75) is 51.8 Å². The number of methoxy groups -OCH3 is 1. The van der Waals surface area contributed by atoms with Gasteiger partial charge >= 0.3 is 5.97 Å². The van der Waals surface area contributed by atoms with Crippen molar-refractivity contribution in [3.63, 3.8) is 0 Å². The molecular formula is C14H28N2O3. The summed E-state index contributed by atoms with van der Waals surface area (Å²) in [4.78, 5) is 14.4. The van der Waals surface area contributed by atoms with E-state index in [0.717, 1.165) is 19.5 Å². The van der Waals surface area contributed by atoms with Gasteiger partial charge in [0.25, 0.3) is 0 Å². The molecule has 1 saturated heterocycles. The molecule has 1 aliphatic heterocycles. The smallest absolute Gasteiger partial charge is 0.327 e. The van der Waals surface area contributed by atoms with Gasteiger partial charge < -0.3 is 14.8 Å². The van der Waals surface area contributed by atoms with Crippen molar-refractivity contribution in [1.82, 2.24) is 10.2 Å². The first-order chi connectivity index (χ1) is 8.92. The molecule has 0 aromatic rings. The van der Waals surface area contributed by atoms with Crippen LogP contribution in [0.4, 0.5) is 0 Å². The Kier molecular flexibility index (Phi) is 6.23. The summed E-state index contributed by atoms with van der Waals surface area (Å²) in [6.45, 7) is 11.2. The largest absolute Gasteiger partial charge is 0.468 e. The number of rotatable bonds is 6. The van der Waals surface area contributed by atoms with Crippen molar-refractivity contribution in [1.29, 1.82) is 0 Å². The molecule has 1 heterocycles. The lowest BCUT2D eigenvalue weighted by molar-refractivity contribution is -0.150. The van der Waals surface area contributed by atoms with Gasteiger partial charge in [0.05, 0.1) is 19.8 Å². The third kappa shape index (κ3) is 4.44. The Hall–Kier alpha value is -0.650. The van der Waals surface area contributed by atoms with Crippen molar-refractivity contribution in [2.75, 3.05) is 33.4 Å². The van der Waals surface area contributed by atoms with Gasteiger partial charge in [-0.15, -0.1) is 0 Å². The van der Waals surface area contributed by atoms with Crippen LogP contribution in [0.15, 0.2) is 0 Å². The van der Waals surface area contributed by atoms with Gasteiger partial charge in [0.2, 0.25) is 0 Å². The lowest BCUT2D eigenvalue weighted by Crippen LogP contribution is -2.61. The van der Waals surface area contributed by atoms with E-state index < -0.39 is 5.54 Å². The molecule has 5 heteroatoms. The molecular weight excluding hydrogens is 244 g/mol. The van der Waals surface area contributed by atoms with E-state index in [0.29, 0.717) is 19.2 Å². The molecule has 5 nitrogen and oxygen atoms in total. The standard InChI is InChI=1S/C14H28N2O3/c1-6-7-15-14(4,13(17)18-5)10-16-8-12(3)19-9-11(16)2/h11-12,15H,6-10H2,1-5H3. The molecule has 3 unspecified atom stereocenters. The SMILES string of the molecule is CCCNC(C)(CN1CC(C)OCC1C)C(=O)OC. The highest BCUT2D eigenvalue weighted by molar-refractivity contribution is 5.80. The number of esters is 1. The number of hydrogen-bond acceptors (Lipinski definition) is 5. The van der Waals surface area contributed by atoms with Crippen LogP contribution in [0, 0.1) is 0 Å². The summed E-state index contributed by atoms with van der Waals surface area (Å²) in [7, 11) is 1.44. The zero-order valence-electron chi connectivity index (χ0n) is 12.9. The van der Waals surface area contributed by atoms with Crippen molar-refractivity contribution in [3.05, 3.63) is 0 Å². The van der Waals surface area contributed by atoms with Crippen molar-refractivity contribution in [3.8, 4) is 0 Å². The second kappa shape index (κ2) is 7.22. The van der Waals surface area contributed by atoms with Crippen LogP contribution in [0.2, 0.25) is 0 Å². The van der Waals surface area contributed by atoms with Crippen LogP contribution >= 0.6 is 0 Å². The summed E-state index contributed by atoms with van der Waals surface area (Å²) >= 11 is 0. The molecule has 112 valence electrons. The second-order valence-electron chi connectivity index (χ2n) is 5.67. The van der Waals surface area contributed by atoms with E-state index in [1.165, 1.54) is 7.11 Å². The predicted octanol–water partition coefficient (Wildman–Crippen LogP) is 1.03. The van der Waals surface area contributed by atoms with Crippen LogP contribution in [-0.2, 0) is 14.3 Å². The van der Waals surface area contributed by atoms with Gasteiger partial charge in [-0.2, -0.15) is 0 Å². The molecule has 1 fully saturated rings. The van der Waals surface area contributed by atoms with Crippen molar-refractivity contribution >= 4 is 5.97 Å². The average molecular weight is 272 g/mol. The first-order valence-corrected chi connectivity index (χ1v) is 7.12. The molecule has 0 saturated carbocycles. The number of nitrogens with zero attached hydrogens (tertiary/aromatic N) is 1. The predicted molar refractivity (Wildman–Crippen MR) is 75.2 cm³/mol. The maximum atomic E-state index is 12.1. The first kappa shape index (κ1) is 16.4. The summed E-state index contributed by atoms with van der Waals surface area (Å²) in [5, 5.41) is 3.32. The molecule has 19 heavy (non-hydrogen) atoms. The Bertz CT molecular complexity index is 298. The molecule has 0 aromatic heterocycles. The minimum atomic E-state index is -0.657. The third-order valence-corrected chi connectivity index (χ3v) is 3.66. The molecule has 3 atom stereocenters. The first-order valence-electron chi connectivity index (χ1n) is 7.12. The molecule has 0 aliphatic carbocycles. The fraction of sp³-hybridized carbons (Fsp3) is 0.929. The van der Waals surface area contributed by atoms with Crippen molar-refractivity contribution in [2.24, 2.45) is 0 Å². The zero-order chi connectivity index (χ0) is 14.5. The maximum absolute atomic E-state index is 12.1. The van der Waals surface area contributed by atoms with Gasteiger partial charge in [-0.3, -0.25) is 9.69 Å². The summed E-state index contributed by atoms with van der Waals surface area (Å²) in [6.07, 6.45) is 1.20. The number of hydrogen-bond donors (Lipinski definition) is 1. The molecule has 0 bridgehead atoms. The van der Waals surface area contributed by atoms with E-state index in [9.17, 15) is 4.79 Å². The fourth-order valence-electron chi connectivity index (χ4n) is 2.42. The van der Waals surface area contributed by atoms with E-state index in [1.54, 1.807) is 0 Å². The van der Waals surface area contributed by atoms with Crippen LogP contribution < -0.4 is 5.32 Å². The number of carbonyl (C=O) groups is 1. The molecule has 0 spiro atoms. The molecule has 0 radical (unpaired) electrons. The second-order valence-corrected chi connectivity index (χ2v) is 5.67. The topological polar surface area (TPSA) is 50.8 Å². The number of morpholine rings is 1. The van der Waals surface area contributed by atoms with Crippen LogP contribution in [0.3, 0.4) is 0 Å². The number of ether oxygens (including phenoxy) is 2. The average Bonchev–Trinajstić information content (AvgIpc) is 2.39. The highest BCUT2D eigenvalue weighted by atomic mass is 16.5. The molecule has 0 aromatic carbocycles. The van der Waals surface area contributed by atoms with Crippen LogP contribution in [0.1, 0.15) is 34.1 Å². The van der Waals surface area contributed by atoms with E-state index in [1.807, 2.05) is 6.92 Å². The van der Waals surface area contributed by atoms with Gasteiger partial charge in [-0.05, 0) is 33.7 Å². The Morgan fingerprint density at radius 2 is 2.21 bits per heavy atom. The van der Waals surface area contributed by atoms with Gasteiger partial charge in [-0.25, -0.2) is 0 Å². The summed E-state index contributed by atoms with van der Waals surface area (Å²) in [5.41, 5.74) is -0.657. The molecule has 1 N–H and O–H groups in total. The van der Waals surface area contributed by atoms with Crippen LogP contribution in [0.5, 0.6) is 0 Å². The lowest BCUT2D eigenvalue weighted by Gasteiger charge is -2.41. The van der Waals surface area contributed by atoms with Crippen LogP contribution in [0.25, 0.3) is 0 Å². The number of carbonyl (C=O) groups excluding carboxylic acids is 1. The highest BCUT2D eigenvalue weighted by Gasteiger charge is 2.38. The monoisotopic (exact) mass is 272 g/mol. The van der Waals surface area contributed by atoms with E-state index in [4.69, 9.17) is 9.47 Å². The number of nitrogens with one attached hydrogen (secondary N) is 1. The van der Waals surface area contributed by atoms with Gasteiger partial charge in [0.1, 0.15) is 5.54 Å². The quantitative estimate of drug-likeness (QED) is 0.732. The minimum Gasteiger partial charge on any atom is -0.468 e. The summed E-state index contributed by atoms with van der Waals surface area (Å²) in [5.74, 6) is -0.202. The minimum absolute atomic E-state index is 0.202. The van der Waals surface area contributed by atoms with Gasteiger partial charge in [-0.1, -0.05) is 6.92 Å². The summed E-state index contributed by atoms with van der Waals surface area (Å²) < 4.78 is 10.6. The van der Waals surface area contributed by atoms with E-state index in [-0.39, 0.29) is 12.1 Å². The fourth-order valence-corrected chi connectivity index (χ4v) is 2.42. The van der Waals surface area contributed by atoms with E-state index in [2.05, 4.69) is 31.0 Å². The summed E-state index contributed by atoms with van der Waals surface area (Å²) in [6, 6.07) is 0.323. The van der Waals surface area contributed by atoms with E-state index >= 15 is 0 Å². The molecule has 1 rings (SSSR count). The normalized spacial score (nSPS) is 27.8. The van der Waals surface area contributed by atoms with Gasteiger partial charge in [0.15, 0.2) is 0 Å². The molecule has 1 aliphatic rings. The zero-order valence-corrected chi connectivity index (χ0v) is 12.9. The Morgan fingerprint density at radius 3 is 2.79 bits per heavy atom. The van der Waals surface area contributed by atoms with Crippen molar-refractivity contribution < 1.29 is 14.3 Å². The maximum Gasteiger partial charge on any atom is 0.327 e. The lowest BCUT2D eigenvalue weighted by atomic mass is 9.99. The third-order valence-electron chi connectivity index (χ3n) is 3.66. The van der Waals surface area contributed by atoms with Crippen LogP contribution in [-0.4, -0.2) is 61.9 Å². The van der Waals surface area contributed by atoms with Gasteiger partial charge in [0, 0.05) is 19.1 Å².